The normalized spacial score (nSPS) is 15.5. The molecule has 6 nitrogen and oxygen atoms in total. The zero-order valence-corrected chi connectivity index (χ0v) is 13.9. The Morgan fingerprint density at radius 1 is 1.09 bits per heavy atom. The average Bonchev–Trinajstić information content (AvgIpc) is 2.54. The number of hydrogen-bond acceptors (Lipinski definition) is 4. The smallest absolute Gasteiger partial charge is 0.321 e. The zero-order chi connectivity index (χ0) is 16.7. The third-order valence-corrected chi connectivity index (χ3v) is 3.78. The van der Waals surface area contributed by atoms with E-state index in [1.807, 2.05) is 32.0 Å². The van der Waals surface area contributed by atoms with E-state index in [2.05, 4.69) is 32.6 Å². The lowest BCUT2D eigenvalue weighted by molar-refractivity contribution is -0.121. The molecule has 1 heterocycles. The van der Waals surface area contributed by atoms with Crippen LogP contribution >= 0.6 is 0 Å². The van der Waals surface area contributed by atoms with Crippen LogP contribution in [0.4, 0.5) is 10.5 Å². The number of piperazine rings is 1. The predicted octanol–water partition coefficient (Wildman–Crippen LogP) is 1.29. The molecule has 2 rings (SSSR count). The second-order valence-corrected chi connectivity index (χ2v) is 6.25. The molecule has 23 heavy (non-hydrogen) atoms. The van der Waals surface area contributed by atoms with Gasteiger partial charge in [0.15, 0.2) is 0 Å². The monoisotopic (exact) mass is 318 g/mol. The number of carbonyl (C=O) groups excluding carboxylic acids is 2. The Bertz CT molecular complexity index is 511. The summed E-state index contributed by atoms with van der Waals surface area (Å²) in [6, 6.07) is 9.86. The molecule has 1 aliphatic heterocycles. The summed E-state index contributed by atoms with van der Waals surface area (Å²) in [5.74, 6) is 0.112. The van der Waals surface area contributed by atoms with Crippen molar-refractivity contribution in [2.75, 3.05) is 44.2 Å². The highest BCUT2D eigenvalue weighted by Gasteiger charge is 2.19. The Labute approximate surface area is 137 Å². The minimum absolute atomic E-state index is 0.251. The third-order valence-electron chi connectivity index (χ3n) is 3.78. The fourth-order valence-corrected chi connectivity index (χ4v) is 2.51. The largest absolute Gasteiger partial charge is 0.369 e. The van der Waals surface area contributed by atoms with Gasteiger partial charge in [0.2, 0.25) is 5.91 Å². The third kappa shape index (κ3) is 5.90. The molecule has 0 radical (unpaired) electrons. The van der Waals surface area contributed by atoms with E-state index in [-0.39, 0.29) is 12.5 Å². The number of imide groups is 1. The summed E-state index contributed by atoms with van der Waals surface area (Å²) in [5.41, 5.74) is 1.21. The summed E-state index contributed by atoms with van der Waals surface area (Å²) in [7, 11) is 0. The molecule has 0 saturated carbocycles. The van der Waals surface area contributed by atoms with Crippen LogP contribution in [0.3, 0.4) is 0 Å². The molecule has 6 heteroatoms. The summed E-state index contributed by atoms with van der Waals surface area (Å²) in [6.45, 7) is 8.24. The topological polar surface area (TPSA) is 64.7 Å². The predicted molar refractivity (Wildman–Crippen MR) is 91.5 cm³/mol. The summed E-state index contributed by atoms with van der Waals surface area (Å²) >= 11 is 0. The van der Waals surface area contributed by atoms with Crippen LogP contribution in [-0.2, 0) is 4.79 Å². The van der Waals surface area contributed by atoms with E-state index < -0.39 is 6.03 Å². The van der Waals surface area contributed by atoms with Gasteiger partial charge in [-0.25, -0.2) is 4.79 Å². The zero-order valence-electron chi connectivity index (χ0n) is 13.9. The van der Waals surface area contributed by atoms with Gasteiger partial charge in [0.25, 0.3) is 0 Å². The van der Waals surface area contributed by atoms with Crippen molar-refractivity contribution in [2.24, 2.45) is 5.92 Å². The first-order valence-corrected chi connectivity index (χ1v) is 8.14. The maximum absolute atomic E-state index is 11.9. The highest BCUT2D eigenvalue weighted by atomic mass is 16.2. The number of carbonyl (C=O) groups is 2. The quantitative estimate of drug-likeness (QED) is 0.859. The molecule has 0 bridgehead atoms. The SMILES string of the molecule is CC(C)CNC(=O)NC(=O)CN1CCN(c2ccccc2)CC1. The van der Waals surface area contributed by atoms with Gasteiger partial charge in [0, 0.05) is 38.4 Å². The lowest BCUT2D eigenvalue weighted by atomic mass is 10.2. The van der Waals surface area contributed by atoms with Gasteiger partial charge < -0.3 is 10.2 Å². The van der Waals surface area contributed by atoms with Crippen LogP contribution in [-0.4, -0.2) is 56.1 Å². The highest BCUT2D eigenvalue weighted by Crippen LogP contribution is 2.15. The van der Waals surface area contributed by atoms with Crippen molar-refractivity contribution in [1.82, 2.24) is 15.5 Å². The lowest BCUT2D eigenvalue weighted by Gasteiger charge is -2.35. The molecule has 3 amide bonds. The van der Waals surface area contributed by atoms with Crippen LogP contribution in [0.25, 0.3) is 0 Å². The van der Waals surface area contributed by atoms with Gasteiger partial charge >= 0.3 is 6.03 Å². The molecule has 1 aromatic carbocycles. The average molecular weight is 318 g/mol. The molecule has 1 aromatic rings. The molecule has 0 aliphatic carbocycles. The van der Waals surface area contributed by atoms with E-state index in [1.165, 1.54) is 5.69 Å². The Morgan fingerprint density at radius 2 is 1.74 bits per heavy atom. The summed E-state index contributed by atoms with van der Waals surface area (Å²) in [6.07, 6.45) is 0. The highest BCUT2D eigenvalue weighted by molar-refractivity contribution is 5.95. The van der Waals surface area contributed by atoms with E-state index in [9.17, 15) is 9.59 Å². The molecule has 0 unspecified atom stereocenters. The molecule has 0 atom stereocenters. The van der Waals surface area contributed by atoms with E-state index in [1.54, 1.807) is 0 Å². The van der Waals surface area contributed by atoms with Crippen LogP contribution in [0.5, 0.6) is 0 Å². The summed E-state index contributed by atoms with van der Waals surface area (Å²) in [4.78, 5) is 27.8. The van der Waals surface area contributed by atoms with Crippen molar-refractivity contribution in [3.8, 4) is 0 Å². The number of para-hydroxylation sites is 1. The number of nitrogens with one attached hydrogen (secondary N) is 2. The first kappa shape index (κ1) is 17.3. The van der Waals surface area contributed by atoms with Crippen molar-refractivity contribution in [3.63, 3.8) is 0 Å². The second kappa shape index (κ2) is 8.53. The second-order valence-electron chi connectivity index (χ2n) is 6.25. The van der Waals surface area contributed by atoms with Gasteiger partial charge in [-0.2, -0.15) is 0 Å². The molecular weight excluding hydrogens is 292 g/mol. The Balaban J connectivity index is 1.69. The Morgan fingerprint density at radius 3 is 2.35 bits per heavy atom. The number of nitrogens with zero attached hydrogens (tertiary/aromatic N) is 2. The van der Waals surface area contributed by atoms with Crippen molar-refractivity contribution in [1.29, 1.82) is 0 Å². The molecule has 2 N–H and O–H groups in total. The standard InChI is InChI=1S/C17H26N4O2/c1-14(2)12-18-17(23)19-16(22)13-20-8-10-21(11-9-20)15-6-4-3-5-7-15/h3-7,14H,8-13H2,1-2H3,(H2,18,19,22,23). The van der Waals surface area contributed by atoms with Crippen LogP contribution in [0, 0.1) is 5.92 Å². The molecule has 1 fully saturated rings. The minimum atomic E-state index is -0.411. The summed E-state index contributed by atoms with van der Waals surface area (Å²) < 4.78 is 0. The van der Waals surface area contributed by atoms with Gasteiger partial charge in [-0.05, 0) is 18.1 Å². The molecule has 0 spiro atoms. The van der Waals surface area contributed by atoms with Crippen LogP contribution in [0.15, 0.2) is 30.3 Å². The number of anilines is 1. The number of urea groups is 1. The maximum Gasteiger partial charge on any atom is 0.321 e. The molecule has 126 valence electrons. The first-order chi connectivity index (χ1) is 11.0. The molecule has 1 saturated heterocycles. The molecular formula is C17H26N4O2. The minimum Gasteiger partial charge on any atom is -0.369 e. The van der Waals surface area contributed by atoms with Gasteiger partial charge in [-0.3, -0.25) is 15.0 Å². The van der Waals surface area contributed by atoms with Crippen LogP contribution in [0.2, 0.25) is 0 Å². The lowest BCUT2D eigenvalue weighted by Crippen LogP contribution is -2.51. The van der Waals surface area contributed by atoms with E-state index in [0.29, 0.717) is 12.5 Å². The Kier molecular flexibility index (Phi) is 6.40. The molecule has 0 aromatic heterocycles. The van der Waals surface area contributed by atoms with Gasteiger partial charge in [-0.1, -0.05) is 32.0 Å². The van der Waals surface area contributed by atoms with E-state index >= 15 is 0 Å². The van der Waals surface area contributed by atoms with Crippen molar-refractivity contribution in [3.05, 3.63) is 30.3 Å². The number of benzene rings is 1. The fourth-order valence-electron chi connectivity index (χ4n) is 2.51. The van der Waals surface area contributed by atoms with Crippen molar-refractivity contribution in [2.45, 2.75) is 13.8 Å². The van der Waals surface area contributed by atoms with Gasteiger partial charge in [-0.15, -0.1) is 0 Å². The maximum atomic E-state index is 11.9. The van der Waals surface area contributed by atoms with Crippen molar-refractivity contribution < 1.29 is 9.59 Å². The van der Waals surface area contributed by atoms with Crippen LogP contribution in [0.1, 0.15) is 13.8 Å². The number of hydrogen-bond donors (Lipinski definition) is 2. The number of amides is 3. The Hall–Kier alpha value is -2.08. The fraction of sp³-hybridized carbons (Fsp3) is 0.529. The van der Waals surface area contributed by atoms with Crippen LogP contribution < -0.4 is 15.5 Å². The van der Waals surface area contributed by atoms with Crippen molar-refractivity contribution >= 4 is 17.6 Å². The van der Waals surface area contributed by atoms with E-state index in [0.717, 1.165) is 26.2 Å². The first-order valence-electron chi connectivity index (χ1n) is 8.14. The summed E-state index contributed by atoms with van der Waals surface area (Å²) in [5, 5.41) is 5.06. The van der Waals surface area contributed by atoms with E-state index in [4.69, 9.17) is 0 Å². The number of rotatable bonds is 5. The molecule has 1 aliphatic rings. The van der Waals surface area contributed by atoms with Gasteiger partial charge in [0.1, 0.15) is 0 Å². The van der Waals surface area contributed by atoms with Gasteiger partial charge in [0.05, 0.1) is 6.54 Å².